The Kier molecular flexibility index (Phi) is 7.94. The van der Waals surface area contributed by atoms with Crippen LogP contribution >= 0.6 is 0 Å². The molecule has 0 spiro atoms. The molecule has 0 N–H and O–H groups in total. The molecule has 0 radical (unpaired) electrons. The van der Waals surface area contributed by atoms with Crippen LogP contribution in [-0.2, 0) is 31.4 Å². The molecule has 13 heteroatoms. The number of nitrogens with zero attached hydrogens (tertiary/aromatic N) is 8. The van der Waals surface area contributed by atoms with E-state index in [1.807, 2.05) is 10.6 Å². The lowest BCUT2D eigenvalue weighted by atomic mass is 10.1. The van der Waals surface area contributed by atoms with Gasteiger partial charge in [-0.05, 0) is 53.2 Å². The fourth-order valence-corrected chi connectivity index (χ4v) is 4.82. The van der Waals surface area contributed by atoms with Gasteiger partial charge in [-0.15, -0.1) is 10.2 Å². The molecule has 0 bridgehead atoms. The second-order valence-electron chi connectivity index (χ2n) is 10.1. The SMILES string of the molecule is COC(=O)c1ccc2nc(Cc3ccc(-c4cccc(OCc5ccc(C#N)cc5F)n4)cc3F)n(Cc3nnn(C)n3)c2c1. The average molecular weight is 607 g/mol. The van der Waals surface area contributed by atoms with Gasteiger partial charge < -0.3 is 14.0 Å². The highest BCUT2D eigenvalue weighted by atomic mass is 19.1. The molecule has 0 aliphatic heterocycles. The monoisotopic (exact) mass is 606 g/mol. The van der Waals surface area contributed by atoms with Crippen LogP contribution < -0.4 is 4.74 Å². The highest BCUT2D eigenvalue weighted by Gasteiger charge is 2.18. The number of benzene rings is 3. The predicted molar refractivity (Wildman–Crippen MR) is 157 cm³/mol. The van der Waals surface area contributed by atoms with Crippen LogP contribution in [0.2, 0.25) is 0 Å². The number of tetrazole rings is 1. The molecule has 0 saturated carbocycles. The van der Waals surface area contributed by atoms with Gasteiger partial charge in [0, 0.05) is 23.6 Å². The first-order valence-corrected chi connectivity index (χ1v) is 13.7. The fourth-order valence-electron chi connectivity index (χ4n) is 4.82. The molecule has 3 heterocycles. The van der Waals surface area contributed by atoms with E-state index < -0.39 is 17.6 Å². The lowest BCUT2D eigenvalue weighted by molar-refractivity contribution is 0.0601. The van der Waals surface area contributed by atoms with Crippen molar-refractivity contribution >= 4 is 17.0 Å². The second-order valence-corrected chi connectivity index (χ2v) is 10.1. The summed E-state index contributed by atoms with van der Waals surface area (Å²) in [5, 5.41) is 21.2. The Morgan fingerprint density at radius 3 is 2.53 bits per heavy atom. The number of aryl methyl sites for hydroxylation is 1. The summed E-state index contributed by atoms with van der Waals surface area (Å²) in [5.41, 5.74) is 3.47. The van der Waals surface area contributed by atoms with E-state index in [0.29, 0.717) is 45.1 Å². The molecule has 224 valence electrons. The lowest BCUT2D eigenvalue weighted by Crippen LogP contribution is -2.09. The summed E-state index contributed by atoms with van der Waals surface area (Å²) in [6.07, 6.45) is 0.140. The molecule has 3 aromatic carbocycles. The molecule has 0 aliphatic carbocycles. The molecule has 6 aromatic rings. The molecule has 0 amide bonds. The highest BCUT2D eigenvalue weighted by Crippen LogP contribution is 2.26. The molecule has 0 saturated heterocycles. The number of esters is 1. The number of hydrogen-bond donors (Lipinski definition) is 0. The lowest BCUT2D eigenvalue weighted by Gasteiger charge is -2.10. The summed E-state index contributed by atoms with van der Waals surface area (Å²) in [5.74, 6) is -0.310. The number of imidazole rings is 1. The van der Waals surface area contributed by atoms with Gasteiger partial charge in [-0.1, -0.05) is 24.3 Å². The quantitative estimate of drug-likeness (QED) is 0.213. The third kappa shape index (κ3) is 6.21. The summed E-state index contributed by atoms with van der Waals surface area (Å²) in [6.45, 7) is 0.112. The van der Waals surface area contributed by atoms with Crippen molar-refractivity contribution in [3.8, 4) is 23.2 Å². The number of hydrogen-bond acceptors (Lipinski definition) is 9. The minimum Gasteiger partial charge on any atom is -0.473 e. The number of methoxy groups -OCH3 is 1. The number of carbonyl (C=O) groups excluding carboxylic acids is 1. The normalized spacial score (nSPS) is 11.0. The van der Waals surface area contributed by atoms with Gasteiger partial charge in [-0.2, -0.15) is 10.1 Å². The first-order valence-electron chi connectivity index (χ1n) is 13.7. The third-order valence-corrected chi connectivity index (χ3v) is 7.08. The minimum atomic E-state index is -0.548. The molecule has 0 aliphatic rings. The van der Waals surface area contributed by atoms with Crippen LogP contribution in [0.5, 0.6) is 5.88 Å². The predicted octanol–water partition coefficient (Wildman–Crippen LogP) is 4.78. The summed E-state index contributed by atoms with van der Waals surface area (Å²) in [7, 11) is 2.96. The Hall–Kier alpha value is -6.03. The Morgan fingerprint density at radius 2 is 1.80 bits per heavy atom. The fraction of sp³-hybridized carbons (Fsp3) is 0.156. The Bertz CT molecular complexity index is 2100. The van der Waals surface area contributed by atoms with E-state index in [1.165, 1.54) is 30.1 Å². The number of ether oxygens (including phenoxy) is 2. The average Bonchev–Trinajstić information content (AvgIpc) is 3.62. The number of fused-ring (bicyclic) bond motifs is 1. The van der Waals surface area contributed by atoms with Crippen LogP contribution in [0.4, 0.5) is 8.78 Å². The van der Waals surface area contributed by atoms with Gasteiger partial charge in [0.05, 0.1) is 54.6 Å². The first-order chi connectivity index (χ1) is 21.8. The summed E-state index contributed by atoms with van der Waals surface area (Å²) in [6, 6.07) is 20.9. The van der Waals surface area contributed by atoms with E-state index in [9.17, 15) is 9.18 Å². The van der Waals surface area contributed by atoms with Crippen molar-refractivity contribution in [1.82, 2.24) is 34.7 Å². The van der Waals surface area contributed by atoms with Crippen molar-refractivity contribution in [2.45, 2.75) is 19.6 Å². The van der Waals surface area contributed by atoms with Crippen LogP contribution in [-0.4, -0.2) is 47.8 Å². The Labute approximate surface area is 255 Å². The zero-order valence-corrected chi connectivity index (χ0v) is 24.1. The maximum atomic E-state index is 15.6. The minimum absolute atomic E-state index is 0.0898. The highest BCUT2D eigenvalue weighted by molar-refractivity contribution is 5.93. The molecule has 6 rings (SSSR count). The van der Waals surface area contributed by atoms with Crippen LogP contribution in [0, 0.1) is 23.0 Å². The topological polar surface area (TPSA) is 134 Å². The zero-order valence-electron chi connectivity index (χ0n) is 24.1. The van der Waals surface area contributed by atoms with Crippen LogP contribution in [0.3, 0.4) is 0 Å². The summed E-state index contributed by atoms with van der Waals surface area (Å²) < 4.78 is 42.2. The van der Waals surface area contributed by atoms with Crippen molar-refractivity contribution in [3.05, 3.63) is 118 Å². The number of rotatable bonds is 9. The van der Waals surface area contributed by atoms with Gasteiger partial charge in [0.15, 0.2) is 5.82 Å². The van der Waals surface area contributed by atoms with Gasteiger partial charge in [0.2, 0.25) is 5.88 Å². The molecular formula is C32H24F2N8O3. The summed E-state index contributed by atoms with van der Waals surface area (Å²) in [4.78, 5) is 22.7. The van der Waals surface area contributed by atoms with Crippen molar-refractivity contribution < 1.29 is 23.0 Å². The van der Waals surface area contributed by atoms with E-state index in [-0.39, 0.29) is 36.6 Å². The second kappa shape index (κ2) is 12.3. The van der Waals surface area contributed by atoms with Crippen molar-refractivity contribution in [3.63, 3.8) is 0 Å². The Morgan fingerprint density at radius 1 is 0.978 bits per heavy atom. The maximum Gasteiger partial charge on any atom is 0.337 e. The van der Waals surface area contributed by atoms with Gasteiger partial charge in [-0.25, -0.2) is 23.5 Å². The molecule has 3 aromatic heterocycles. The van der Waals surface area contributed by atoms with Gasteiger partial charge in [0.1, 0.15) is 24.1 Å². The van der Waals surface area contributed by atoms with E-state index >= 15 is 4.39 Å². The molecule has 0 atom stereocenters. The van der Waals surface area contributed by atoms with Crippen molar-refractivity contribution in [2.75, 3.05) is 7.11 Å². The number of nitriles is 1. The number of aromatic nitrogens is 7. The molecule has 45 heavy (non-hydrogen) atoms. The zero-order chi connectivity index (χ0) is 31.5. The molecule has 11 nitrogen and oxygen atoms in total. The maximum absolute atomic E-state index is 15.6. The van der Waals surface area contributed by atoms with Gasteiger partial charge in [0.25, 0.3) is 0 Å². The smallest absolute Gasteiger partial charge is 0.337 e. The van der Waals surface area contributed by atoms with Crippen molar-refractivity contribution in [1.29, 1.82) is 5.26 Å². The van der Waals surface area contributed by atoms with E-state index in [2.05, 4.69) is 20.4 Å². The van der Waals surface area contributed by atoms with E-state index in [0.717, 1.165) is 6.07 Å². The Balaban J connectivity index is 1.26. The number of carbonyl (C=O) groups is 1. The number of pyridine rings is 1. The molecule has 0 unspecified atom stereocenters. The first kappa shape index (κ1) is 29.1. The molecular weight excluding hydrogens is 582 g/mol. The standard InChI is InChI=1S/C32H24F2N8O3/c1-41-39-29(38-40-41)17-42-28-14-22(32(43)44-2)10-11-27(28)36-30(42)15-20-8-9-21(13-25(20)34)26-4-3-5-31(37-26)45-18-23-7-6-19(16-35)12-24(23)33/h3-14H,15,17-18H2,1-2H3. The van der Waals surface area contributed by atoms with E-state index in [4.69, 9.17) is 19.7 Å². The van der Waals surface area contributed by atoms with Crippen molar-refractivity contribution in [2.24, 2.45) is 7.05 Å². The molecule has 0 fully saturated rings. The third-order valence-electron chi connectivity index (χ3n) is 7.08. The van der Waals surface area contributed by atoms with Gasteiger partial charge >= 0.3 is 5.97 Å². The van der Waals surface area contributed by atoms with Crippen LogP contribution in [0.25, 0.3) is 22.3 Å². The number of halogens is 2. The van der Waals surface area contributed by atoms with Crippen LogP contribution in [0.15, 0.2) is 72.8 Å². The van der Waals surface area contributed by atoms with Gasteiger partial charge in [-0.3, -0.25) is 0 Å². The van der Waals surface area contributed by atoms with Crippen LogP contribution in [0.1, 0.15) is 38.7 Å². The summed E-state index contributed by atoms with van der Waals surface area (Å²) >= 11 is 0. The largest absolute Gasteiger partial charge is 0.473 e. The van der Waals surface area contributed by atoms with E-state index in [1.54, 1.807) is 55.6 Å².